The number of hydrogen-bond acceptors (Lipinski definition) is 6. The Hall–Kier alpha value is -4.41. The average Bonchev–Trinajstić information content (AvgIpc) is 3.64. The molecule has 1 aliphatic heterocycles. The number of thioether (sulfide) groups is 1. The summed E-state index contributed by atoms with van der Waals surface area (Å²) in [6.07, 6.45) is 0. The number of hydrogen-bond donors (Lipinski definition) is 1. The maximum atomic E-state index is 13.8. The predicted octanol–water partition coefficient (Wildman–Crippen LogP) is 6.56. The van der Waals surface area contributed by atoms with Crippen molar-refractivity contribution in [2.24, 2.45) is 0 Å². The Morgan fingerprint density at radius 2 is 1.78 bits per heavy atom. The summed E-state index contributed by atoms with van der Waals surface area (Å²) in [4.78, 5) is 29.7. The van der Waals surface area contributed by atoms with Gasteiger partial charge in [0.1, 0.15) is 23.9 Å². The van der Waals surface area contributed by atoms with Gasteiger partial charge in [0.2, 0.25) is 11.8 Å². The molecule has 1 atom stereocenters. The number of aromatic nitrogens is 2. The molecule has 41 heavy (non-hydrogen) atoms. The van der Waals surface area contributed by atoms with E-state index in [4.69, 9.17) is 9.84 Å². The van der Waals surface area contributed by atoms with Crippen molar-refractivity contribution in [3.63, 3.8) is 0 Å². The number of benzene rings is 3. The SMILES string of the molecule is COc1ccc(-n2nc(-c3ccccc3)c3c2N(CC(=O)Nc2ccc(F)cc2)C(=O)CSC3c2cccs2)cc1. The second-order valence-electron chi connectivity index (χ2n) is 9.30. The average molecular weight is 585 g/mol. The number of carbonyl (C=O) groups excluding carboxylic acids is 2. The molecule has 0 saturated heterocycles. The fourth-order valence-electron chi connectivity index (χ4n) is 4.77. The molecule has 1 unspecified atom stereocenters. The molecule has 0 radical (unpaired) electrons. The van der Waals surface area contributed by atoms with E-state index in [1.807, 2.05) is 66.0 Å². The maximum absolute atomic E-state index is 13.8. The number of rotatable bonds is 7. The van der Waals surface area contributed by atoms with Crippen LogP contribution < -0.4 is 15.0 Å². The summed E-state index contributed by atoms with van der Waals surface area (Å²) in [6.45, 7) is -0.239. The number of carbonyl (C=O) groups is 2. The molecular weight excluding hydrogens is 559 g/mol. The first-order valence-corrected chi connectivity index (χ1v) is 14.8. The highest BCUT2D eigenvalue weighted by atomic mass is 32.2. The summed E-state index contributed by atoms with van der Waals surface area (Å²) < 4.78 is 20.5. The second kappa shape index (κ2) is 11.6. The minimum Gasteiger partial charge on any atom is -0.497 e. The number of halogens is 1. The van der Waals surface area contributed by atoms with Gasteiger partial charge >= 0.3 is 0 Å². The highest BCUT2D eigenvalue weighted by molar-refractivity contribution is 8.00. The first kappa shape index (κ1) is 26.8. The van der Waals surface area contributed by atoms with E-state index in [0.717, 1.165) is 27.4 Å². The van der Waals surface area contributed by atoms with E-state index in [1.165, 1.54) is 40.9 Å². The Bertz CT molecular complexity index is 1670. The lowest BCUT2D eigenvalue weighted by Crippen LogP contribution is -2.40. The molecule has 0 bridgehead atoms. The monoisotopic (exact) mass is 584 g/mol. The molecule has 0 fully saturated rings. The van der Waals surface area contributed by atoms with Crippen molar-refractivity contribution in [3.05, 3.63) is 113 Å². The van der Waals surface area contributed by atoms with Gasteiger partial charge in [-0.2, -0.15) is 5.10 Å². The molecule has 0 aliphatic carbocycles. The van der Waals surface area contributed by atoms with Gasteiger partial charge in [-0.15, -0.1) is 23.1 Å². The zero-order valence-corrected chi connectivity index (χ0v) is 23.6. The van der Waals surface area contributed by atoms with E-state index in [1.54, 1.807) is 23.1 Å². The zero-order chi connectivity index (χ0) is 28.3. The van der Waals surface area contributed by atoms with Crippen molar-refractivity contribution in [1.82, 2.24) is 9.78 Å². The molecule has 2 aromatic heterocycles. The van der Waals surface area contributed by atoms with Crippen LogP contribution in [-0.2, 0) is 9.59 Å². The van der Waals surface area contributed by atoms with Crippen molar-refractivity contribution >= 4 is 46.4 Å². The van der Waals surface area contributed by atoms with Crippen LogP contribution in [0.4, 0.5) is 15.9 Å². The van der Waals surface area contributed by atoms with Crippen LogP contribution in [0.3, 0.4) is 0 Å². The van der Waals surface area contributed by atoms with Gasteiger partial charge in [-0.1, -0.05) is 36.4 Å². The summed E-state index contributed by atoms with van der Waals surface area (Å²) in [7, 11) is 1.60. The molecule has 10 heteroatoms. The topological polar surface area (TPSA) is 76.5 Å². The quantitative estimate of drug-likeness (QED) is 0.235. The highest BCUT2D eigenvalue weighted by Gasteiger charge is 2.38. The number of ether oxygens (including phenoxy) is 1. The van der Waals surface area contributed by atoms with Gasteiger partial charge in [-0.25, -0.2) is 9.07 Å². The molecule has 2 amide bonds. The van der Waals surface area contributed by atoms with E-state index < -0.39 is 11.7 Å². The number of thiophene rings is 1. The van der Waals surface area contributed by atoms with E-state index in [-0.39, 0.29) is 23.5 Å². The van der Waals surface area contributed by atoms with Crippen LogP contribution in [0.25, 0.3) is 16.9 Å². The van der Waals surface area contributed by atoms with Crippen molar-refractivity contribution < 1.29 is 18.7 Å². The first-order chi connectivity index (χ1) is 20.0. The van der Waals surface area contributed by atoms with Gasteiger partial charge in [0.25, 0.3) is 0 Å². The largest absolute Gasteiger partial charge is 0.497 e. The van der Waals surface area contributed by atoms with Crippen LogP contribution in [0.1, 0.15) is 15.7 Å². The standard InChI is InChI=1S/C31H25FN4O3S2/c1-39-24-15-13-23(14-16-24)36-31-28(29(34-36)20-6-3-2-4-7-20)30(25-8-5-17-40-25)41-19-27(38)35(31)18-26(37)33-22-11-9-21(32)10-12-22/h2-17,30H,18-19H2,1H3,(H,33,37). The lowest BCUT2D eigenvalue weighted by Gasteiger charge is -2.23. The molecule has 5 aromatic rings. The molecule has 1 N–H and O–H groups in total. The molecule has 7 nitrogen and oxygen atoms in total. The number of methoxy groups -OCH3 is 1. The molecular formula is C31H25FN4O3S2. The molecule has 1 aliphatic rings. The van der Waals surface area contributed by atoms with Crippen LogP contribution >= 0.6 is 23.1 Å². The molecule has 3 heterocycles. The van der Waals surface area contributed by atoms with Crippen molar-refractivity contribution in [1.29, 1.82) is 0 Å². The predicted molar refractivity (Wildman–Crippen MR) is 162 cm³/mol. The van der Waals surface area contributed by atoms with Gasteiger partial charge in [0.15, 0.2) is 0 Å². The van der Waals surface area contributed by atoms with Gasteiger partial charge < -0.3 is 10.1 Å². The summed E-state index contributed by atoms with van der Waals surface area (Å²) in [6, 6.07) is 26.9. The summed E-state index contributed by atoms with van der Waals surface area (Å²) >= 11 is 3.15. The number of nitrogens with zero attached hydrogens (tertiary/aromatic N) is 3. The molecule has 0 saturated carbocycles. The smallest absolute Gasteiger partial charge is 0.244 e. The Labute approximate surface area is 244 Å². The van der Waals surface area contributed by atoms with Crippen LogP contribution in [0.15, 0.2) is 96.4 Å². The van der Waals surface area contributed by atoms with Crippen molar-refractivity contribution in [2.45, 2.75) is 5.25 Å². The Morgan fingerprint density at radius 3 is 2.46 bits per heavy atom. The fourth-order valence-corrected chi connectivity index (χ4v) is 6.95. The Kier molecular flexibility index (Phi) is 7.58. The van der Waals surface area contributed by atoms with Gasteiger partial charge in [-0.05, 0) is 60.0 Å². The second-order valence-corrected chi connectivity index (χ2v) is 11.4. The van der Waals surface area contributed by atoms with Gasteiger partial charge in [-0.3, -0.25) is 14.5 Å². The number of anilines is 2. The number of fused-ring (bicyclic) bond motifs is 1. The Balaban J connectivity index is 1.53. The molecule has 0 spiro atoms. The molecule has 3 aromatic carbocycles. The van der Waals surface area contributed by atoms with Gasteiger partial charge in [0, 0.05) is 21.7 Å². The summed E-state index contributed by atoms with van der Waals surface area (Å²) in [5.41, 5.74) is 3.67. The third-order valence-corrected chi connectivity index (χ3v) is 9.01. The molecule has 6 rings (SSSR count). The minimum atomic E-state index is -0.403. The number of amides is 2. The van der Waals surface area contributed by atoms with Crippen molar-refractivity contribution in [2.75, 3.05) is 29.6 Å². The lowest BCUT2D eigenvalue weighted by atomic mass is 10.0. The zero-order valence-electron chi connectivity index (χ0n) is 22.0. The number of nitrogens with one attached hydrogen (secondary N) is 1. The normalized spacial score (nSPS) is 14.8. The van der Waals surface area contributed by atoms with E-state index in [0.29, 0.717) is 17.3 Å². The van der Waals surface area contributed by atoms with E-state index >= 15 is 0 Å². The summed E-state index contributed by atoms with van der Waals surface area (Å²) in [5, 5.41) is 9.71. The van der Waals surface area contributed by atoms with E-state index in [2.05, 4.69) is 11.4 Å². The highest BCUT2D eigenvalue weighted by Crippen LogP contribution is 2.49. The minimum absolute atomic E-state index is 0.178. The first-order valence-electron chi connectivity index (χ1n) is 12.9. The lowest BCUT2D eigenvalue weighted by molar-refractivity contribution is -0.120. The van der Waals surface area contributed by atoms with Crippen molar-refractivity contribution in [3.8, 4) is 22.7 Å². The van der Waals surface area contributed by atoms with Crippen LogP contribution in [0.5, 0.6) is 5.75 Å². The van der Waals surface area contributed by atoms with Gasteiger partial charge in [0.05, 0.1) is 29.5 Å². The Morgan fingerprint density at radius 1 is 1.02 bits per heavy atom. The third kappa shape index (κ3) is 5.48. The molecule has 206 valence electrons. The maximum Gasteiger partial charge on any atom is 0.244 e. The van der Waals surface area contributed by atoms with Crippen LogP contribution in [0, 0.1) is 5.82 Å². The van der Waals surface area contributed by atoms with Crippen LogP contribution in [0.2, 0.25) is 0 Å². The third-order valence-electron chi connectivity index (χ3n) is 6.68. The van der Waals surface area contributed by atoms with Crippen LogP contribution in [-0.4, -0.2) is 41.0 Å². The fraction of sp³-hybridized carbons (Fsp3) is 0.129. The summed E-state index contributed by atoms with van der Waals surface area (Å²) in [5.74, 6) is 0.394. The van der Waals surface area contributed by atoms with E-state index in [9.17, 15) is 14.0 Å².